The Morgan fingerprint density at radius 2 is 1.93 bits per heavy atom. The first-order valence-electron chi connectivity index (χ1n) is 5.45. The molecule has 14 heavy (non-hydrogen) atoms. The Kier molecular flexibility index (Phi) is 4.51. The van der Waals surface area contributed by atoms with Gasteiger partial charge in [-0.3, -0.25) is 0 Å². The van der Waals surface area contributed by atoms with Gasteiger partial charge in [0, 0.05) is 0 Å². The van der Waals surface area contributed by atoms with Crippen LogP contribution in [0.2, 0.25) is 6.82 Å². The van der Waals surface area contributed by atoms with Crippen molar-refractivity contribution in [1.82, 2.24) is 0 Å². The van der Waals surface area contributed by atoms with Crippen LogP contribution in [0.4, 0.5) is 0 Å². The highest BCUT2D eigenvalue weighted by molar-refractivity contribution is 6.64. The molecule has 0 N–H and O–H groups in total. The topological polar surface area (TPSA) is 0 Å². The Morgan fingerprint density at radius 3 is 2.50 bits per heavy atom. The summed E-state index contributed by atoms with van der Waals surface area (Å²) in [5, 5.41) is 0. The quantitative estimate of drug-likeness (QED) is 0.613. The van der Waals surface area contributed by atoms with Crippen molar-refractivity contribution >= 4 is 6.71 Å². The first-order chi connectivity index (χ1) is 6.74. The zero-order valence-electron chi connectivity index (χ0n) is 9.29. The van der Waals surface area contributed by atoms with E-state index in [2.05, 4.69) is 50.7 Å². The number of rotatable bonds is 5. The summed E-state index contributed by atoms with van der Waals surface area (Å²) >= 11 is 0. The van der Waals surface area contributed by atoms with Gasteiger partial charge < -0.3 is 0 Å². The van der Waals surface area contributed by atoms with E-state index in [4.69, 9.17) is 0 Å². The second kappa shape index (κ2) is 5.69. The number of benzene rings is 1. The summed E-state index contributed by atoms with van der Waals surface area (Å²) in [5.41, 5.74) is 2.80. The van der Waals surface area contributed by atoms with Crippen LogP contribution in [0.25, 0.3) is 0 Å². The van der Waals surface area contributed by atoms with Gasteiger partial charge in [-0.15, -0.1) is 12.1 Å². The van der Waals surface area contributed by atoms with Crippen molar-refractivity contribution in [3.63, 3.8) is 0 Å². The molecule has 0 amide bonds. The molecule has 0 fully saturated rings. The molecule has 0 radical (unpaired) electrons. The fourth-order valence-corrected chi connectivity index (χ4v) is 1.68. The molecule has 0 saturated carbocycles. The minimum absolute atomic E-state index is 0.609. The van der Waals surface area contributed by atoms with E-state index in [0.717, 1.165) is 12.7 Å². The number of allylic oxidation sites excluding steroid dienone is 1. The molecule has 0 aliphatic carbocycles. The molecule has 1 heteroatoms. The zero-order valence-corrected chi connectivity index (χ0v) is 9.29. The van der Waals surface area contributed by atoms with E-state index < -0.39 is 0 Å². The van der Waals surface area contributed by atoms with E-state index >= 15 is 0 Å². The van der Waals surface area contributed by atoms with Crippen LogP contribution in [0.3, 0.4) is 0 Å². The Hall–Kier alpha value is -0.975. The highest BCUT2D eigenvalue weighted by Gasteiger charge is 2.10. The van der Waals surface area contributed by atoms with Gasteiger partial charge in [0.1, 0.15) is 0 Å². The predicted octanol–water partition coefficient (Wildman–Crippen LogP) is 3.79. The summed E-state index contributed by atoms with van der Waals surface area (Å²) in [4.78, 5) is 0. The Morgan fingerprint density at radius 1 is 1.29 bits per heavy atom. The lowest BCUT2D eigenvalue weighted by Gasteiger charge is -2.10. The largest absolute Gasteiger partial charge is 0.171 e. The third-order valence-electron chi connectivity index (χ3n) is 2.65. The van der Waals surface area contributed by atoms with E-state index in [1.54, 1.807) is 0 Å². The maximum atomic E-state index is 4.14. The van der Waals surface area contributed by atoms with E-state index in [0.29, 0.717) is 6.71 Å². The van der Waals surface area contributed by atoms with Crippen LogP contribution in [0.15, 0.2) is 42.4 Å². The molecular formula is C13H19B. The van der Waals surface area contributed by atoms with E-state index in [9.17, 15) is 0 Å². The standard InChI is InChI=1S/C13H19B/c1-4-8-12(2)14(3)11-13-9-6-5-7-10-13/h5-7,9-10H,2,4,8,11H2,1,3H3. The normalized spacial score (nSPS) is 9.86. The predicted molar refractivity (Wildman–Crippen MR) is 65.8 cm³/mol. The molecular weight excluding hydrogens is 167 g/mol. The Labute approximate surface area is 88.1 Å². The highest BCUT2D eigenvalue weighted by atomic mass is 13.9. The van der Waals surface area contributed by atoms with Crippen molar-refractivity contribution in [2.75, 3.05) is 0 Å². The van der Waals surface area contributed by atoms with Gasteiger partial charge in [0.05, 0.1) is 0 Å². The molecule has 0 spiro atoms. The lowest BCUT2D eigenvalue weighted by Crippen LogP contribution is -2.15. The smallest absolute Gasteiger partial charge is 0.109 e. The molecule has 0 bridgehead atoms. The molecule has 0 aromatic heterocycles. The van der Waals surface area contributed by atoms with Crippen LogP contribution in [0, 0.1) is 0 Å². The van der Waals surface area contributed by atoms with Crippen molar-refractivity contribution < 1.29 is 0 Å². The molecule has 0 saturated heterocycles. The van der Waals surface area contributed by atoms with Gasteiger partial charge in [-0.05, 0) is 12.7 Å². The van der Waals surface area contributed by atoms with Gasteiger partial charge in [0.25, 0.3) is 0 Å². The van der Waals surface area contributed by atoms with Crippen LogP contribution < -0.4 is 0 Å². The SMILES string of the molecule is C=C(CCC)B(C)Cc1ccccc1. The fourth-order valence-electron chi connectivity index (χ4n) is 1.68. The molecule has 0 aliphatic rings. The fraction of sp³-hybridized carbons (Fsp3) is 0.385. The lowest BCUT2D eigenvalue weighted by atomic mass is 9.43. The zero-order chi connectivity index (χ0) is 10.4. The molecule has 0 nitrogen and oxygen atoms in total. The number of hydrogen-bond acceptors (Lipinski definition) is 0. The maximum absolute atomic E-state index is 4.14. The van der Waals surface area contributed by atoms with Crippen molar-refractivity contribution in [2.45, 2.75) is 32.9 Å². The molecule has 1 rings (SSSR count). The second-order valence-electron chi connectivity index (χ2n) is 4.00. The van der Waals surface area contributed by atoms with E-state index in [1.807, 2.05) is 0 Å². The van der Waals surface area contributed by atoms with Crippen molar-refractivity contribution in [2.24, 2.45) is 0 Å². The average molecular weight is 186 g/mol. The number of hydrogen-bond donors (Lipinski definition) is 0. The minimum Gasteiger partial charge on any atom is -0.109 e. The molecule has 1 aromatic carbocycles. The minimum atomic E-state index is 0.609. The monoisotopic (exact) mass is 186 g/mol. The van der Waals surface area contributed by atoms with Crippen LogP contribution in [0.1, 0.15) is 25.3 Å². The molecule has 1 aromatic rings. The van der Waals surface area contributed by atoms with E-state index in [-0.39, 0.29) is 0 Å². The van der Waals surface area contributed by atoms with Crippen molar-refractivity contribution in [3.8, 4) is 0 Å². The third kappa shape index (κ3) is 3.41. The van der Waals surface area contributed by atoms with Gasteiger partial charge in [-0.1, -0.05) is 56.1 Å². The van der Waals surface area contributed by atoms with Gasteiger partial charge in [-0.2, -0.15) is 0 Å². The molecule has 0 atom stereocenters. The van der Waals surface area contributed by atoms with Crippen LogP contribution >= 0.6 is 0 Å². The Bertz CT molecular complexity index is 277. The van der Waals surface area contributed by atoms with Crippen molar-refractivity contribution in [1.29, 1.82) is 0 Å². The van der Waals surface area contributed by atoms with Gasteiger partial charge in [0.2, 0.25) is 0 Å². The third-order valence-corrected chi connectivity index (χ3v) is 2.65. The van der Waals surface area contributed by atoms with Gasteiger partial charge in [-0.25, -0.2) is 0 Å². The van der Waals surface area contributed by atoms with Gasteiger partial charge >= 0.3 is 0 Å². The summed E-state index contributed by atoms with van der Waals surface area (Å²) < 4.78 is 0. The average Bonchev–Trinajstić information content (AvgIpc) is 2.19. The summed E-state index contributed by atoms with van der Waals surface area (Å²) in [5.74, 6) is 0. The lowest BCUT2D eigenvalue weighted by molar-refractivity contribution is 0.940. The van der Waals surface area contributed by atoms with E-state index in [1.165, 1.54) is 17.5 Å². The molecule has 74 valence electrons. The summed E-state index contributed by atoms with van der Waals surface area (Å²) in [7, 11) is 0. The molecule has 0 aliphatic heterocycles. The first-order valence-corrected chi connectivity index (χ1v) is 5.45. The molecule has 0 unspecified atom stereocenters. The van der Waals surface area contributed by atoms with Crippen molar-refractivity contribution in [3.05, 3.63) is 47.9 Å². The summed E-state index contributed by atoms with van der Waals surface area (Å²) in [6.07, 6.45) is 3.49. The van der Waals surface area contributed by atoms with Crippen LogP contribution in [-0.4, -0.2) is 6.71 Å². The summed E-state index contributed by atoms with van der Waals surface area (Å²) in [6.45, 7) is 9.23. The van der Waals surface area contributed by atoms with Gasteiger partial charge in [0.15, 0.2) is 6.71 Å². The summed E-state index contributed by atoms with van der Waals surface area (Å²) in [6, 6.07) is 10.6. The highest BCUT2D eigenvalue weighted by Crippen LogP contribution is 2.11. The Balaban J connectivity index is 2.49. The first kappa shape index (κ1) is 11.1. The second-order valence-corrected chi connectivity index (χ2v) is 4.00. The maximum Gasteiger partial charge on any atom is 0.171 e. The van der Waals surface area contributed by atoms with Crippen LogP contribution in [0.5, 0.6) is 0 Å². The van der Waals surface area contributed by atoms with Crippen LogP contribution in [-0.2, 0) is 6.32 Å². The molecule has 0 heterocycles.